The third-order valence-electron chi connectivity index (χ3n) is 5.67. The van der Waals surface area contributed by atoms with E-state index in [9.17, 15) is 14.7 Å². The van der Waals surface area contributed by atoms with Crippen LogP contribution in [0.4, 0.5) is 5.69 Å². The molecule has 4 rings (SSSR count). The third-order valence-corrected chi connectivity index (χ3v) is 6.75. The lowest BCUT2D eigenvalue weighted by Gasteiger charge is -2.25. The van der Waals surface area contributed by atoms with Gasteiger partial charge in [-0.3, -0.25) is 14.5 Å². The summed E-state index contributed by atoms with van der Waals surface area (Å²) in [5.74, 6) is -0.345. The number of anilines is 1. The molecule has 1 N–H and O–H groups in total. The number of hydrogen-bond acceptors (Lipinski definition) is 6. The zero-order chi connectivity index (χ0) is 23.7. The fourth-order valence-corrected chi connectivity index (χ4v) is 5.07. The molecule has 1 aromatic heterocycles. The zero-order valence-corrected chi connectivity index (χ0v) is 19.7. The topological polar surface area (TPSA) is 76.1 Å². The van der Waals surface area contributed by atoms with E-state index >= 15 is 0 Å². The first-order valence-electron chi connectivity index (χ1n) is 10.6. The number of nitrogens with zero attached hydrogens (tertiary/aromatic N) is 1. The van der Waals surface area contributed by atoms with Crippen LogP contribution in [0.2, 0.25) is 0 Å². The lowest BCUT2D eigenvalue weighted by atomic mass is 9.97. The predicted molar refractivity (Wildman–Crippen MR) is 129 cm³/mol. The largest absolute Gasteiger partial charge is 0.507 e. The number of carbonyl (C=O) groups is 2. The van der Waals surface area contributed by atoms with Gasteiger partial charge in [-0.1, -0.05) is 6.07 Å². The molecule has 3 aromatic rings. The van der Waals surface area contributed by atoms with E-state index in [1.807, 2.05) is 32.2 Å². The SMILES string of the molecule is CCOc1ccc(/C(O)=C2/C(=O)C(=O)N(c3cccc(OC)c3)C2c2sccc2C)cc1C. The fraction of sp³-hybridized carbons (Fsp3) is 0.231. The summed E-state index contributed by atoms with van der Waals surface area (Å²) < 4.78 is 10.9. The molecular weight excluding hydrogens is 438 g/mol. The summed E-state index contributed by atoms with van der Waals surface area (Å²) >= 11 is 1.45. The standard InChI is InChI=1S/C26H25NO5S/c1-5-32-20-10-9-17(13-16(20)3)23(28)21-22(25-15(2)11-12-33-25)27(26(30)24(21)29)18-7-6-8-19(14-18)31-4/h6-14,22,28H,5H2,1-4H3/b23-21-. The Hall–Kier alpha value is -3.58. The van der Waals surface area contributed by atoms with E-state index in [-0.39, 0.29) is 11.3 Å². The molecule has 33 heavy (non-hydrogen) atoms. The predicted octanol–water partition coefficient (Wildman–Crippen LogP) is 5.40. The number of aryl methyl sites for hydroxylation is 2. The maximum Gasteiger partial charge on any atom is 0.300 e. The molecule has 0 saturated carbocycles. The number of carbonyl (C=O) groups excluding carboxylic acids is 2. The van der Waals surface area contributed by atoms with Gasteiger partial charge in [0, 0.05) is 22.2 Å². The van der Waals surface area contributed by atoms with Gasteiger partial charge < -0.3 is 14.6 Å². The second kappa shape index (κ2) is 9.11. The van der Waals surface area contributed by atoms with Crippen molar-refractivity contribution in [1.29, 1.82) is 0 Å². The van der Waals surface area contributed by atoms with Crippen LogP contribution in [0.5, 0.6) is 11.5 Å². The molecule has 0 radical (unpaired) electrons. The highest BCUT2D eigenvalue weighted by molar-refractivity contribution is 7.10. The highest BCUT2D eigenvalue weighted by Crippen LogP contribution is 2.45. The van der Waals surface area contributed by atoms with Crippen molar-refractivity contribution in [2.75, 3.05) is 18.6 Å². The minimum atomic E-state index is -0.746. The maximum atomic E-state index is 13.3. The number of methoxy groups -OCH3 is 1. The summed E-state index contributed by atoms with van der Waals surface area (Å²) in [6.07, 6.45) is 0. The number of aliphatic hydroxyl groups is 1. The molecule has 1 amide bonds. The van der Waals surface area contributed by atoms with Crippen molar-refractivity contribution in [1.82, 2.24) is 0 Å². The highest BCUT2D eigenvalue weighted by atomic mass is 32.1. The van der Waals surface area contributed by atoms with Crippen molar-refractivity contribution >= 4 is 34.5 Å². The van der Waals surface area contributed by atoms with Crippen LogP contribution < -0.4 is 14.4 Å². The average molecular weight is 464 g/mol. The number of benzene rings is 2. The minimum Gasteiger partial charge on any atom is -0.507 e. The number of ketones is 1. The zero-order valence-electron chi connectivity index (χ0n) is 18.9. The first-order chi connectivity index (χ1) is 15.9. The van der Waals surface area contributed by atoms with Crippen LogP contribution in [0.1, 0.15) is 34.5 Å². The summed E-state index contributed by atoms with van der Waals surface area (Å²) in [5, 5.41) is 13.2. The van der Waals surface area contributed by atoms with Crippen LogP contribution in [0.3, 0.4) is 0 Å². The number of ether oxygens (including phenoxy) is 2. The van der Waals surface area contributed by atoms with Gasteiger partial charge in [-0.25, -0.2) is 0 Å². The molecule has 1 fully saturated rings. The molecule has 1 unspecified atom stereocenters. The van der Waals surface area contributed by atoms with Crippen LogP contribution >= 0.6 is 11.3 Å². The summed E-state index contributed by atoms with van der Waals surface area (Å²) in [5.41, 5.74) is 2.81. The van der Waals surface area contributed by atoms with Gasteiger partial charge >= 0.3 is 0 Å². The number of rotatable bonds is 6. The van der Waals surface area contributed by atoms with Crippen molar-refractivity contribution in [2.45, 2.75) is 26.8 Å². The number of amides is 1. The molecular formula is C26H25NO5S. The van der Waals surface area contributed by atoms with Crippen LogP contribution in [0.15, 0.2) is 59.5 Å². The Balaban J connectivity index is 1.91. The van der Waals surface area contributed by atoms with Crippen LogP contribution in [-0.2, 0) is 9.59 Å². The molecule has 0 bridgehead atoms. The van der Waals surface area contributed by atoms with E-state index in [0.717, 1.165) is 16.0 Å². The molecule has 1 saturated heterocycles. The van der Waals surface area contributed by atoms with Gasteiger partial charge in [0.2, 0.25) is 0 Å². The van der Waals surface area contributed by atoms with Gasteiger partial charge in [0.05, 0.1) is 19.3 Å². The van der Waals surface area contributed by atoms with Gasteiger partial charge in [0.1, 0.15) is 23.3 Å². The van der Waals surface area contributed by atoms with E-state index in [4.69, 9.17) is 9.47 Å². The normalized spacial score (nSPS) is 17.5. The third kappa shape index (κ3) is 4.00. The monoisotopic (exact) mass is 463 g/mol. The first kappa shape index (κ1) is 22.6. The molecule has 0 spiro atoms. The lowest BCUT2D eigenvalue weighted by molar-refractivity contribution is -0.132. The summed E-state index contributed by atoms with van der Waals surface area (Å²) in [7, 11) is 1.54. The number of aliphatic hydroxyl groups excluding tert-OH is 1. The maximum absolute atomic E-state index is 13.3. The van der Waals surface area contributed by atoms with Crippen molar-refractivity contribution in [3.63, 3.8) is 0 Å². The van der Waals surface area contributed by atoms with Gasteiger partial charge in [0.25, 0.3) is 11.7 Å². The smallest absolute Gasteiger partial charge is 0.300 e. The Kier molecular flexibility index (Phi) is 6.24. The summed E-state index contributed by atoms with van der Waals surface area (Å²) in [6, 6.07) is 13.4. The Morgan fingerprint density at radius 2 is 1.88 bits per heavy atom. The number of hydrogen-bond donors (Lipinski definition) is 1. The van der Waals surface area contributed by atoms with Crippen LogP contribution in [-0.4, -0.2) is 30.5 Å². The molecule has 1 aliphatic heterocycles. The molecule has 2 aromatic carbocycles. The van der Waals surface area contributed by atoms with E-state index in [1.54, 1.807) is 49.6 Å². The van der Waals surface area contributed by atoms with Gasteiger partial charge in [-0.2, -0.15) is 0 Å². The second-order valence-corrected chi connectivity index (χ2v) is 8.70. The van der Waals surface area contributed by atoms with Gasteiger partial charge in [-0.15, -0.1) is 11.3 Å². The van der Waals surface area contributed by atoms with Gasteiger partial charge in [0.15, 0.2) is 0 Å². The summed E-state index contributed by atoms with van der Waals surface area (Å²) in [4.78, 5) is 28.8. The molecule has 6 nitrogen and oxygen atoms in total. The lowest BCUT2D eigenvalue weighted by Crippen LogP contribution is -2.29. The van der Waals surface area contributed by atoms with E-state index < -0.39 is 17.7 Å². The van der Waals surface area contributed by atoms with Gasteiger partial charge in [-0.05, 0) is 73.7 Å². The Labute approximate surface area is 196 Å². The Morgan fingerprint density at radius 1 is 1.09 bits per heavy atom. The quantitative estimate of drug-likeness (QED) is 0.301. The van der Waals surface area contributed by atoms with Crippen molar-refractivity contribution < 1.29 is 24.2 Å². The highest BCUT2D eigenvalue weighted by Gasteiger charge is 2.48. The molecule has 0 aliphatic carbocycles. The fourth-order valence-electron chi connectivity index (χ4n) is 4.04. The molecule has 2 heterocycles. The molecule has 170 valence electrons. The average Bonchev–Trinajstić information content (AvgIpc) is 3.35. The van der Waals surface area contributed by atoms with Crippen molar-refractivity contribution in [3.05, 3.63) is 81.1 Å². The first-order valence-corrected chi connectivity index (χ1v) is 11.5. The van der Waals surface area contributed by atoms with Crippen LogP contribution in [0, 0.1) is 13.8 Å². The number of thiophene rings is 1. The van der Waals surface area contributed by atoms with Crippen molar-refractivity contribution in [3.8, 4) is 11.5 Å². The Bertz CT molecular complexity index is 1260. The van der Waals surface area contributed by atoms with E-state index in [2.05, 4.69) is 0 Å². The van der Waals surface area contributed by atoms with E-state index in [0.29, 0.717) is 29.4 Å². The molecule has 1 atom stereocenters. The summed E-state index contributed by atoms with van der Waals surface area (Å²) in [6.45, 7) is 6.22. The Morgan fingerprint density at radius 3 is 2.52 bits per heavy atom. The number of Topliss-reactive ketones (excluding diaryl/α,β-unsaturated/α-hetero) is 1. The van der Waals surface area contributed by atoms with Crippen molar-refractivity contribution in [2.24, 2.45) is 0 Å². The molecule has 7 heteroatoms. The second-order valence-electron chi connectivity index (χ2n) is 7.75. The van der Waals surface area contributed by atoms with Crippen LogP contribution in [0.25, 0.3) is 5.76 Å². The molecule has 1 aliphatic rings. The minimum absolute atomic E-state index is 0.0666. The van der Waals surface area contributed by atoms with E-state index in [1.165, 1.54) is 16.2 Å².